The van der Waals surface area contributed by atoms with Crippen molar-refractivity contribution in [2.24, 2.45) is 5.84 Å². The monoisotopic (exact) mass is 184 g/mol. The molecule has 1 aromatic heterocycles. The largest absolute Gasteiger partial charge is 0.322 e. The third-order valence-electron chi connectivity index (χ3n) is 1.83. The summed E-state index contributed by atoms with van der Waals surface area (Å²) in [6.45, 7) is 2.19. The van der Waals surface area contributed by atoms with Crippen molar-refractivity contribution in [3.63, 3.8) is 0 Å². The van der Waals surface area contributed by atoms with Gasteiger partial charge in [0.2, 0.25) is 0 Å². The van der Waals surface area contributed by atoms with Crippen LogP contribution in [0.4, 0.5) is 0 Å². The predicted molar refractivity (Wildman–Crippen MR) is 49.8 cm³/mol. The summed E-state index contributed by atoms with van der Waals surface area (Å²) >= 11 is 0. The van der Waals surface area contributed by atoms with Crippen LogP contribution in [0.1, 0.15) is 19.3 Å². The Hall–Kier alpha value is -1.14. The lowest BCUT2D eigenvalue weighted by molar-refractivity contribution is 0.235. The van der Waals surface area contributed by atoms with Gasteiger partial charge in [0.25, 0.3) is 0 Å². The van der Waals surface area contributed by atoms with Crippen LogP contribution < -0.4 is 11.7 Å². The van der Waals surface area contributed by atoms with Crippen molar-refractivity contribution >= 4 is 0 Å². The number of piperidine rings is 1. The first-order valence-corrected chi connectivity index (χ1v) is 4.38. The Morgan fingerprint density at radius 1 is 1.08 bits per heavy atom. The summed E-state index contributed by atoms with van der Waals surface area (Å²) in [7, 11) is 0. The van der Waals surface area contributed by atoms with Crippen LogP contribution in [0.5, 0.6) is 0 Å². The van der Waals surface area contributed by atoms with Crippen LogP contribution in [0.3, 0.4) is 0 Å². The highest BCUT2D eigenvalue weighted by atomic mass is 15.5. The molecule has 1 aliphatic rings. The van der Waals surface area contributed by atoms with E-state index >= 15 is 0 Å². The summed E-state index contributed by atoms with van der Waals surface area (Å²) in [5.41, 5.74) is 0. The van der Waals surface area contributed by atoms with Gasteiger partial charge >= 0.3 is 0 Å². The zero-order valence-electron chi connectivity index (χ0n) is 7.63. The van der Waals surface area contributed by atoms with Gasteiger partial charge in [-0.15, -0.1) is 5.10 Å². The smallest absolute Gasteiger partial charge is 0.139 e. The van der Waals surface area contributed by atoms with Crippen molar-refractivity contribution in [2.75, 3.05) is 18.9 Å². The van der Waals surface area contributed by atoms with Gasteiger partial charge in [-0.1, -0.05) is 6.42 Å². The molecule has 2 rings (SSSR count). The van der Waals surface area contributed by atoms with E-state index in [0.717, 1.165) is 17.9 Å². The molecule has 0 saturated carbocycles. The molecule has 13 heavy (non-hydrogen) atoms. The van der Waals surface area contributed by atoms with Crippen LogP contribution in [-0.2, 0) is 0 Å². The number of hydrogen-bond donors (Lipinski definition) is 2. The van der Waals surface area contributed by atoms with Crippen molar-refractivity contribution in [3.05, 3.63) is 12.7 Å². The Morgan fingerprint density at radius 2 is 1.77 bits per heavy atom. The fourth-order valence-electron chi connectivity index (χ4n) is 1.14. The van der Waals surface area contributed by atoms with Crippen LogP contribution >= 0.6 is 0 Å². The molecular formula is C7H16N6. The second-order valence-corrected chi connectivity index (χ2v) is 2.97. The lowest BCUT2D eigenvalue weighted by Crippen LogP contribution is -2.35. The van der Waals surface area contributed by atoms with E-state index in [1.165, 1.54) is 31.9 Å². The van der Waals surface area contributed by atoms with Crippen LogP contribution in [0.2, 0.25) is 0 Å². The first-order chi connectivity index (χ1) is 6.29. The first-order valence-electron chi connectivity index (χ1n) is 4.38. The highest BCUT2D eigenvalue weighted by Crippen LogP contribution is 2.03. The second-order valence-electron chi connectivity index (χ2n) is 2.97. The van der Waals surface area contributed by atoms with Gasteiger partial charge in [0, 0.05) is 13.1 Å². The van der Waals surface area contributed by atoms with Gasteiger partial charge in [-0.25, -0.2) is 9.99 Å². The molecule has 74 valence electrons. The Bertz CT molecular complexity index is 203. The molecule has 0 unspecified atom stereocenters. The van der Waals surface area contributed by atoms with E-state index in [4.69, 9.17) is 11.7 Å². The Labute approximate surface area is 77.5 Å². The molecule has 0 radical (unpaired) electrons. The van der Waals surface area contributed by atoms with Crippen molar-refractivity contribution in [1.29, 1.82) is 0 Å². The standard InChI is InChI=1S/C5H12N2.C2H4N4/c6-7-4-2-1-3-5-7;3-6-2-4-1-5-6/h1-6H2;1-2H,3H2. The lowest BCUT2D eigenvalue weighted by Gasteiger charge is -2.20. The van der Waals surface area contributed by atoms with Crippen LogP contribution in [0, 0.1) is 0 Å². The Morgan fingerprint density at radius 3 is 2.00 bits per heavy atom. The highest BCUT2D eigenvalue weighted by molar-refractivity contribution is 4.56. The molecule has 1 saturated heterocycles. The zero-order valence-corrected chi connectivity index (χ0v) is 7.63. The molecule has 0 aliphatic carbocycles. The van der Waals surface area contributed by atoms with Gasteiger partial charge in [0.05, 0.1) is 0 Å². The van der Waals surface area contributed by atoms with E-state index in [-0.39, 0.29) is 0 Å². The van der Waals surface area contributed by atoms with E-state index in [1.807, 2.05) is 5.01 Å². The summed E-state index contributed by atoms with van der Waals surface area (Å²) in [5.74, 6) is 10.5. The van der Waals surface area contributed by atoms with Crippen molar-refractivity contribution in [1.82, 2.24) is 19.9 Å². The molecule has 0 atom stereocenters. The lowest BCUT2D eigenvalue weighted by atomic mass is 10.2. The normalized spacial score (nSPS) is 17.6. The molecule has 0 amide bonds. The highest BCUT2D eigenvalue weighted by Gasteiger charge is 2.02. The Balaban J connectivity index is 0.000000132. The maximum atomic E-state index is 5.47. The van der Waals surface area contributed by atoms with E-state index < -0.39 is 0 Å². The van der Waals surface area contributed by atoms with E-state index in [0.29, 0.717) is 0 Å². The number of nitrogens with zero attached hydrogens (tertiary/aromatic N) is 4. The summed E-state index contributed by atoms with van der Waals surface area (Å²) in [5, 5.41) is 5.39. The van der Waals surface area contributed by atoms with Crippen LogP contribution in [0.25, 0.3) is 0 Å². The number of hydrazine groups is 1. The molecule has 6 heteroatoms. The fourth-order valence-corrected chi connectivity index (χ4v) is 1.14. The van der Waals surface area contributed by atoms with Crippen molar-refractivity contribution < 1.29 is 0 Å². The summed E-state index contributed by atoms with van der Waals surface area (Å²) in [6.07, 6.45) is 6.74. The Kier molecular flexibility index (Phi) is 4.20. The fraction of sp³-hybridized carbons (Fsp3) is 0.714. The molecule has 0 spiro atoms. The maximum Gasteiger partial charge on any atom is 0.139 e. The molecule has 2 heterocycles. The van der Waals surface area contributed by atoms with Gasteiger partial charge in [-0.3, -0.25) is 5.84 Å². The van der Waals surface area contributed by atoms with Crippen molar-refractivity contribution in [3.8, 4) is 0 Å². The number of nitrogen functional groups attached to an aromatic ring is 1. The second kappa shape index (κ2) is 5.50. The topological polar surface area (TPSA) is 86.0 Å². The molecule has 4 N–H and O–H groups in total. The SMILES string of the molecule is NN1CCCCC1.Nn1cncn1. The number of rotatable bonds is 0. The van der Waals surface area contributed by atoms with Crippen molar-refractivity contribution in [2.45, 2.75) is 19.3 Å². The van der Waals surface area contributed by atoms with Crippen LogP contribution in [-0.4, -0.2) is 33.0 Å². The van der Waals surface area contributed by atoms with E-state index in [1.54, 1.807) is 0 Å². The molecule has 0 aromatic carbocycles. The number of hydrogen-bond acceptors (Lipinski definition) is 5. The molecule has 0 bridgehead atoms. The third-order valence-corrected chi connectivity index (χ3v) is 1.83. The molecular weight excluding hydrogens is 168 g/mol. The molecule has 1 aliphatic heterocycles. The van der Waals surface area contributed by atoms with Gasteiger partial charge in [-0.2, -0.15) is 4.79 Å². The van der Waals surface area contributed by atoms with Crippen LogP contribution in [0.15, 0.2) is 12.7 Å². The van der Waals surface area contributed by atoms with Gasteiger partial charge < -0.3 is 5.84 Å². The predicted octanol–water partition coefficient (Wildman–Crippen LogP) is -0.662. The minimum absolute atomic E-state index is 1.10. The minimum Gasteiger partial charge on any atom is -0.322 e. The molecule has 1 aromatic rings. The van der Waals surface area contributed by atoms with E-state index in [2.05, 4.69) is 10.1 Å². The summed E-state index contributed by atoms with van der Waals surface area (Å²) < 4.78 is 0. The summed E-state index contributed by atoms with van der Waals surface area (Å²) in [4.78, 5) is 4.69. The van der Waals surface area contributed by atoms with Gasteiger partial charge in [0.15, 0.2) is 0 Å². The minimum atomic E-state index is 1.10. The third kappa shape index (κ3) is 4.44. The number of nitrogens with two attached hydrogens (primary N) is 2. The quantitative estimate of drug-likeness (QED) is 0.523. The maximum absolute atomic E-state index is 5.47. The molecule has 1 fully saturated rings. The zero-order chi connectivity index (χ0) is 9.52. The average Bonchev–Trinajstić information content (AvgIpc) is 2.58. The first kappa shape index (κ1) is 9.94. The average molecular weight is 184 g/mol. The van der Waals surface area contributed by atoms with E-state index in [9.17, 15) is 0 Å². The molecule has 6 nitrogen and oxygen atoms in total. The van der Waals surface area contributed by atoms with Gasteiger partial charge in [-0.05, 0) is 12.8 Å². The summed E-state index contributed by atoms with van der Waals surface area (Å²) in [6, 6.07) is 0. The number of aromatic nitrogens is 3. The van der Waals surface area contributed by atoms with Gasteiger partial charge in [0.1, 0.15) is 12.7 Å².